The van der Waals surface area contributed by atoms with Gasteiger partial charge in [-0.05, 0) is 48.2 Å². The number of fused-ring (bicyclic) bond motifs is 1. The molecule has 34 heavy (non-hydrogen) atoms. The van der Waals surface area contributed by atoms with E-state index in [1.807, 2.05) is 12.1 Å². The highest BCUT2D eigenvalue weighted by Gasteiger charge is 2.21. The van der Waals surface area contributed by atoms with Crippen molar-refractivity contribution >= 4 is 17.1 Å². The average molecular weight is 464 g/mol. The van der Waals surface area contributed by atoms with E-state index >= 15 is 0 Å². The molecule has 0 atom stereocenters. The molecular formula is C25H25FN4O4. The zero-order chi connectivity index (χ0) is 24.4. The van der Waals surface area contributed by atoms with Gasteiger partial charge in [-0.15, -0.1) is 0 Å². The molecule has 0 aliphatic carbocycles. The second-order valence-electron chi connectivity index (χ2n) is 8.23. The molecule has 0 aliphatic rings. The van der Waals surface area contributed by atoms with Crippen molar-refractivity contribution in [1.29, 1.82) is 0 Å². The lowest BCUT2D eigenvalue weighted by Crippen LogP contribution is -2.40. The zero-order valence-electron chi connectivity index (χ0n) is 19.2. The molecule has 2 aromatic carbocycles. The summed E-state index contributed by atoms with van der Waals surface area (Å²) in [6, 6.07) is 13.0. The summed E-state index contributed by atoms with van der Waals surface area (Å²) in [5.41, 5.74) is 1.28. The molecule has 0 unspecified atom stereocenters. The maximum Gasteiger partial charge on any atom is 0.337 e. The van der Waals surface area contributed by atoms with Crippen LogP contribution in [0.15, 0.2) is 64.4 Å². The standard InChI is InChI=1S/C25H25FN4O4/c1-4-34-21(31)14-28-15-27-23-22(28)24(32)29(13-17-5-9-19(26)10-6-17)25(33)30(23)20-11-7-18(8-12-20)16(2)3/h5-12,15-16H,4,13-14H2,1-3H3. The zero-order valence-corrected chi connectivity index (χ0v) is 19.2. The van der Waals surface area contributed by atoms with E-state index in [-0.39, 0.29) is 30.9 Å². The predicted octanol–water partition coefficient (Wildman–Crippen LogP) is 3.22. The molecule has 0 amide bonds. The van der Waals surface area contributed by atoms with Crippen molar-refractivity contribution in [3.05, 3.63) is 92.6 Å². The molecular weight excluding hydrogens is 439 g/mol. The Morgan fingerprint density at radius 3 is 2.35 bits per heavy atom. The highest BCUT2D eigenvalue weighted by Crippen LogP contribution is 2.18. The fourth-order valence-corrected chi connectivity index (χ4v) is 3.80. The van der Waals surface area contributed by atoms with Crippen LogP contribution >= 0.6 is 0 Å². The number of hydrogen-bond donors (Lipinski definition) is 0. The van der Waals surface area contributed by atoms with E-state index in [1.165, 1.54) is 39.7 Å². The number of rotatable bonds is 7. The maximum absolute atomic E-state index is 13.5. The van der Waals surface area contributed by atoms with Crippen LogP contribution in [0, 0.1) is 5.82 Å². The first-order chi connectivity index (χ1) is 16.3. The summed E-state index contributed by atoms with van der Waals surface area (Å²) in [6.07, 6.45) is 1.35. The van der Waals surface area contributed by atoms with Crippen molar-refractivity contribution in [2.75, 3.05) is 6.61 Å². The molecule has 0 saturated carbocycles. The Labute approximate surface area is 194 Å². The summed E-state index contributed by atoms with van der Waals surface area (Å²) < 4.78 is 22.2. The first-order valence-electron chi connectivity index (χ1n) is 11.0. The van der Waals surface area contributed by atoms with Crippen LogP contribution in [0.1, 0.15) is 37.8 Å². The lowest BCUT2D eigenvalue weighted by atomic mass is 10.0. The Bertz CT molecular complexity index is 1450. The van der Waals surface area contributed by atoms with Crippen LogP contribution in [-0.4, -0.2) is 31.3 Å². The lowest BCUT2D eigenvalue weighted by Gasteiger charge is -2.14. The molecule has 0 N–H and O–H groups in total. The Kier molecular flexibility index (Phi) is 6.45. The van der Waals surface area contributed by atoms with Crippen molar-refractivity contribution in [2.24, 2.45) is 0 Å². The van der Waals surface area contributed by atoms with Gasteiger partial charge in [0.15, 0.2) is 11.2 Å². The second-order valence-corrected chi connectivity index (χ2v) is 8.23. The number of esters is 1. The molecule has 0 saturated heterocycles. The van der Waals surface area contributed by atoms with Gasteiger partial charge in [-0.1, -0.05) is 38.1 Å². The van der Waals surface area contributed by atoms with Crippen LogP contribution in [0.25, 0.3) is 16.9 Å². The molecule has 4 aromatic rings. The van der Waals surface area contributed by atoms with Crippen molar-refractivity contribution in [2.45, 2.75) is 39.8 Å². The van der Waals surface area contributed by atoms with Gasteiger partial charge in [0.1, 0.15) is 12.4 Å². The van der Waals surface area contributed by atoms with Crippen LogP contribution in [0.4, 0.5) is 4.39 Å². The van der Waals surface area contributed by atoms with E-state index < -0.39 is 23.0 Å². The number of imidazole rings is 1. The van der Waals surface area contributed by atoms with Crippen molar-refractivity contribution in [3.8, 4) is 5.69 Å². The molecule has 0 fully saturated rings. The van der Waals surface area contributed by atoms with Crippen molar-refractivity contribution in [1.82, 2.24) is 18.7 Å². The van der Waals surface area contributed by atoms with Crippen molar-refractivity contribution < 1.29 is 13.9 Å². The van der Waals surface area contributed by atoms with Crippen LogP contribution in [0.2, 0.25) is 0 Å². The number of halogens is 1. The summed E-state index contributed by atoms with van der Waals surface area (Å²) in [4.78, 5) is 43.4. The molecule has 0 radical (unpaired) electrons. The molecule has 4 rings (SSSR count). The van der Waals surface area contributed by atoms with Gasteiger partial charge in [0, 0.05) is 0 Å². The third-order valence-electron chi connectivity index (χ3n) is 5.58. The van der Waals surface area contributed by atoms with Gasteiger partial charge in [-0.25, -0.2) is 18.7 Å². The largest absolute Gasteiger partial charge is 0.465 e. The van der Waals surface area contributed by atoms with E-state index in [2.05, 4.69) is 18.8 Å². The van der Waals surface area contributed by atoms with E-state index in [1.54, 1.807) is 19.1 Å². The number of aromatic nitrogens is 4. The van der Waals surface area contributed by atoms with Gasteiger partial charge in [0.25, 0.3) is 5.56 Å². The van der Waals surface area contributed by atoms with Crippen molar-refractivity contribution in [3.63, 3.8) is 0 Å². The molecule has 9 heteroatoms. The van der Waals surface area contributed by atoms with Gasteiger partial charge in [0.2, 0.25) is 0 Å². The fourth-order valence-electron chi connectivity index (χ4n) is 3.80. The van der Waals surface area contributed by atoms with Gasteiger partial charge in [-0.3, -0.25) is 14.2 Å². The monoisotopic (exact) mass is 464 g/mol. The second kappa shape index (κ2) is 9.46. The Hall–Kier alpha value is -4.01. The summed E-state index contributed by atoms with van der Waals surface area (Å²) in [5, 5.41) is 0. The van der Waals surface area contributed by atoms with E-state index in [9.17, 15) is 18.8 Å². The molecule has 0 bridgehead atoms. The number of nitrogens with zero attached hydrogens (tertiary/aromatic N) is 4. The molecule has 0 spiro atoms. The Morgan fingerprint density at radius 1 is 1.06 bits per heavy atom. The van der Waals surface area contributed by atoms with Gasteiger partial charge < -0.3 is 9.30 Å². The Morgan fingerprint density at radius 2 is 1.74 bits per heavy atom. The van der Waals surface area contributed by atoms with E-state index in [0.717, 1.165) is 10.1 Å². The maximum atomic E-state index is 13.5. The summed E-state index contributed by atoms with van der Waals surface area (Å²) in [7, 11) is 0. The average Bonchev–Trinajstić information content (AvgIpc) is 3.21. The first kappa shape index (κ1) is 23.2. The first-order valence-corrected chi connectivity index (χ1v) is 11.0. The molecule has 0 aliphatic heterocycles. The number of carbonyl (C=O) groups excluding carboxylic acids is 1. The minimum atomic E-state index is -0.596. The topological polar surface area (TPSA) is 88.1 Å². The minimum Gasteiger partial charge on any atom is -0.465 e. The summed E-state index contributed by atoms with van der Waals surface area (Å²) in [6.45, 7) is 5.74. The van der Waals surface area contributed by atoms with Crippen LogP contribution in [-0.2, 0) is 22.6 Å². The normalized spacial score (nSPS) is 11.3. The Balaban J connectivity index is 1.94. The van der Waals surface area contributed by atoms with Gasteiger partial charge >= 0.3 is 11.7 Å². The third-order valence-corrected chi connectivity index (χ3v) is 5.58. The molecule has 2 aromatic heterocycles. The third kappa shape index (κ3) is 4.41. The van der Waals surface area contributed by atoms with E-state index in [0.29, 0.717) is 17.2 Å². The van der Waals surface area contributed by atoms with Gasteiger partial charge in [-0.2, -0.15) is 0 Å². The highest BCUT2D eigenvalue weighted by molar-refractivity contribution is 5.76. The van der Waals surface area contributed by atoms with Crippen LogP contribution < -0.4 is 11.2 Å². The number of carbonyl (C=O) groups is 1. The summed E-state index contributed by atoms with van der Waals surface area (Å²) >= 11 is 0. The lowest BCUT2D eigenvalue weighted by molar-refractivity contribution is -0.143. The molecule has 176 valence electrons. The molecule has 2 heterocycles. The SMILES string of the molecule is CCOC(=O)Cn1cnc2c1c(=O)n(Cc1ccc(F)cc1)c(=O)n2-c1ccc(C(C)C)cc1. The summed E-state index contributed by atoms with van der Waals surface area (Å²) in [5.74, 6) is -0.631. The fraction of sp³-hybridized carbons (Fsp3) is 0.280. The highest BCUT2D eigenvalue weighted by atomic mass is 19.1. The van der Waals surface area contributed by atoms with E-state index in [4.69, 9.17) is 4.74 Å². The smallest absolute Gasteiger partial charge is 0.337 e. The van der Waals surface area contributed by atoms with Crippen LogP contribution in [0.3, 0.4) is 0 Å². The number of benzene rings is 2. The van der Waals surface area contributed by atoms with Gasteiger partial charge in [0.05, 0.1) is 25.2 Å². The minimum absolute atomic E-state index is 0.0669. The van der Waals surface area contributed by atoms with Crippen LogP contribution in [0.5, 0.6) is 0 Å². The number of hydrogen-bond acceptors (Lipinski definition) is 5. The molecule has 8 nitrogen and oxygen atoms in total. The quantitative estimate of drug-likeness (QED) is 0.392. The number of ether oxygens (including phenoxy) is 1. The predicted molar refractivity (Wildman–Crippen MR) is 126 cm³/mol.